The van der Waals surface area contributed by atoms with Crippen LogP contribution >= 0.6 is 35.0 Å². The summed E-state index contributed by atoms with van der Waals surface area (Å²) >= 11 is 14.2. The minimum atomic E-state index is -3.78. The summed E-state index contributed by atoms with van der Waals surface area (Å²) < 4.78 is 30.5. The van der Waals surface area contributed by atoms with Crippen molar-refractivity contribution in [3.63, 3.8) is 0 Å². The first-order valence-corrected chi connectivity index (χ1v) is 14.4. The summed E-state index contributed by atoms with van der Waals surface area (Å²) in [4.78, 5) is 0.182. The van der Waals surface area contributed by atoms with E-state index >= 15 is 0 Å². The molecule has 0 aliphatic carbocycles. The Morgan fingerprint density at radius 1 is 0.944 bits per heavy atom. The normalized spacial score (nSPS) is 12.1. The van der Waals surface area contributed by atoms with Crippen LogP contribution in [0.2, 0.25) is 10.0 Å². The maximum absolute atomic E-state index is 13.0. The summed E-state index contributed by atoms with van der Waals surface area (Å²) in [6.45, 7) is 6.16. The quantitative estimate of drug-likeness (QED) is 0.244. The van der Waals surface area contributed by atoms with Crippen LogP contribution in [-0.2, 0) is 27.7 Å². The molecule has 0 amide bonds. The highest BCUT2D eigenvalue weighted by Gasteiger charge is 2.21. The van der Waals surface area contributed by atoms with Crippen LogP contribution in [0, 0.1) is 0 Å². The summed E-state index contributed by atoms with van der Waals surface area (Å²) in [7, 11) is -3.78. The molecular weight excluding hydrogens is 535 g/mol. The molecule has 0 saturated heterocycles. The van der Waals surface area contributed by atoms with Gasteiger partial charge in [0.2, 0.25) is 10.0 Å². The molecule has 0 fully saturated rings. The Bertz CT molecular complexity index is 1450. The Kier molecular flexibility index (Phi) is 8.12. The molecule has 188 valence electrons. The van der Waals surface area contributed by atoms with E-state index in [9.17, 15) is 8.42 Å². The predicted molar refractivity (Wildman–Crippen MR) is 147 cm³/mol. The minimum absolute atomic E-state index is 0.0732. The van der Waals surface area contributed by atoms with Crippen molar-refractivity contribution >= 4 is 45.0 Å². The van der Waals surface area contributed by atoms with Crippen molar-refractivity contribution in [3.05, 3.63) is 99.8 Å². The van der Waals surface area contributed by atoms with Gasteiger partial charge in [0, 0.05) is 10.8 Å². The van der Waals surface area contributed by atoms with Crippen LogP contribution in [0.1, 0.15) is 37.7 Å². The third-order valence-electron chi connectivity index (χ3n) is 5.51. The lowest BCUT2D eigenvalue weighted by atomic mass is 9.87. The Labute approximate surface area is 226 Å². The molecule has 0 saturated carbocycles. The average molecular weight is 562 g/mol. The van der Waals surface area contributed by atoms with E-state index in [-0.39, 0.29) is 16.9 Å². The van der Waals surface area contributed by atoms with Crippen molar-refractivity contribution in [2.75, 3.05) is 0 Å². The fourth-order valence-electron chi connectivity index (χ4n) is 3.51. The number of rotatable bonds is 8. The highest BCUT2D eigenvalue weighted by Crippen LogP contribution is 2.31. The van der Waals surface area contributed by atoms with Gasteiger partial charge in [-0.2, -0.15) is 0 Å². The van der Waals surface area contributed by atoms with Gasteiger partial charge in [-0.05, 0) is 46.9 Å². The lowest BCUT2D eigenvalue weighted by Crippen LogP contribution is -2.25. The van der Waals surface area contributed by atoms with E-state index in [1.54, 1.807) is 34.9 Å². The molecule has 0 aliphatic rings. The van der Waals surface area contributed by atoms with Gasteiger partial charge in [0.15, 0.2) is 11.0 Å². The van der Waals surface area contributed by atoms with Crippen molar-refractivity contribution in [1.82, 2.24) is 19.5 Å². The number of aromatic nitrogens is 3. The van der Waals surface area contributed by atoms with Gasteiger partial charge >= 0.3 is 0 Å². The predicted octanol–water partition coefficient (Wildman–Crippen LogP) is 6.64. The number of nitrogens with zero attached hydrogens (tertiary/aromatic N) is 3. The van der Waals surface area contributed by atoms with Crippen LogP contribution in [0.15, 0.2) is 82.8 Å². The van der Waals surface area contributed by atoms with Gasteiger partial charge in [-0.15, -0.1) is 10.2 Å². The molecule has 4 rings (SSSR count). The topological polar surface area (TPSA) is 76.9 Å². The second-order valence-corrected chi connectivity index (χ2v) is 12.8. The molecule has 36 heavy (non-hydrogen) atoms. The molecule has 10 heteroatoms. The number of sulfonamides is 1. The van der Waals surface area contributed by atoms with Crippen LogP contribution in [0.4, 0.5) is 0 Å². The molecule has 1 heterocycles. The van der Waals surface area contributed by atoms with Crippen LogP contribution in [0.5, 0.6) is 0 Å². The number of thioether (sulfide) groups is 1. The second kappa shape index (κ2) is 10.9. The van der Waals surface area contributed by atoms with Gasteiger partial charge in [-0.25, -0.2) is 13.1 Å². The Morgan fingerprint density at radius 2 is 1.64 bits per heavy atom. The molecular formula is C26H26Cl2N4O2S2. The SMILES string of the molecule is CC(C)(C)c1ccc(S(=O)(=O)NCc2nnc(SCc3ccccc3)n2-c2cc(Cl)ccc2Cl)cc1. The van der Waals surface area contributed by atoms with Crippen LogP contribution in [0.25, 0.3) is 5.69 Å². The smallest absolute Gasteiger partial charge is 0.240 e. The molecule has 1 aromatic heterocycles. The lowest BCUT2D eigenvalue weighted by Gasteiger charge is -2.19. The van der Waals surface area contributed by atoms with Crippen LogP contribution in [-0.4, -0.2) is 23.2 Å². The zero-order valence-electron chi connectivity index (χ0n) is 20.1. The van der Waals surface area contributed by atoms with Crippen molar-refractivity contribution in [3.8, 4) is 5.69 Å². The highest BCUT2D eigenvalue weighted by atomic mass is 35.5. The monoisotopic (exact) mass is 560 g/mol. The first-order chi connectivity index (χ1) is 17.0. The molecule has 1 N–H and O–H groups in total. The van der Waals surface area contributed by atoms with E-state index in [2.05, 4.69) is 35.7 Å². The third kappa shape index (κ3) is 6.30. The molecule has 0 radical (unpaired) electrons. The molecule has 0 atom stereocenters. The van der Waals surface area contributed by atoms with E-state index in [0.717, 1.165) is 11.1 Å². The van der Waals surface area contributed by atoms with Crippen LogP contribution < -0.4 is 4.72 Å². The van der Waals surface area contributed by atoms with Crippen molar-refractivity contribution < 1.29 is 8.42 Å². The van der Waals surface area contributed by atoms with E-state index in [1.165, 1.54) is 11.8 Å². The zero-order chi connectivity index (χ0) is 25.9. The largest absolute Gasteiger partial charge is 0.271 e. The minimum Gasteiger partial charge on any atom is -0.271 e. The van der Waals surface area contributed by atoms with Gasteiger partial charge in [0.1, 0.15) is 0 Å². The van der Waals surface area contributed by atoms with Crippen molar-refractivity contribution in [2.24, 2.45) is 0 Å². The average Bonchev–Trinajstić information content (AvgIpc) is 3.26. The van der Waals surface area contributed by atoms with Gasteiger partial charge in [-0.3, -0.25) is 4.57 Å². The number of halogens is 2. The van der Waals surface area contributed by atoms with E-state index in [0.29, 0.717) is 32.5 Å². The molecule has 0 aliphatic heterocycles. The standard InChI is InChI=1S/C26H26Cl2N4O2S2/c1-26(2,3)19-9-12-21(13-10-19)36(33,34)29-16-24-30-31-25(35-17-18-7-5-4-6-8-18)32(24)23-15-20(27)11-14-22(23)28/h4-15,29H,16-17H2,1-3H3. The zero-order valence-corrected chi connectivity index (χ0v) is 23.2. The first-order valence-electron chi connectivity index (χ1n) is 11.2. The lowest BCUT2D eigenvalue weighted by molar-refractivity contribution is 0.575. The molecule has 0 unspecified atom stereocenters. The van der Waals surface area contributed by atoms with Gasteiger partial charge in [0.05, 0.1) is 22.2 Å². The summed E-state index contributed by atoms with van der Waals surface area (Å²) in [5.41, 5.74) is 2.68. The van der Waals surface area contributed by atoms with E-state index in [1.807, 2.05) is 42.5 Å². The fraction of sp³-hybridized carbons (Fsp3) is 0.231. The molecule has 0 bridgehead atoms. The maximum Gasteiger partial charge on any atom is 0.240 e. The van der Waals surface area contributed by atoms with E-state index in [4.69, 9.17) is 23.2 Å². The van der Waals surface area contributed by atoms with Crippen LogP contribution in [0.3, 0.4) is 0 Å². The molecule has 4 aromatic rings. The second-order valence-electron chi connectivity index (χ2n) is 9.20. The summed E-state index contributed by atoms with van der Waals surface area (Å²) in [6.07, 6.45) is 0. The summed E-state index contributed by atoms with van der Waals surface area (Å²) in [6, 6.07) is 22.0. The third-order valence-corrected chi connectivity index (χ3v) is 8.48. The van der Waals surface area contributed by atoms with Gasteiger partial charge in [0.25, 0.3) is 0 Å². The van der Waals surface area contributed by atoms with Crippen molar-refractivity contribution in [2.45, 2.75) is 48.5 Å². The highest BCUT2D eigenvalue weighted by molar-refractivity contribution is 7.98. The van der Waals surface area contributed by atoms with Gasteiger partial charge in [-0.1, -0.05) is 98.2 Å². The van der Waals surface area contributed by atoms with Gasteiger partial charge < -0.3 is 0 Å². The number of nitrogens with one attached hydrogen (secondary N) is 1. The van der Waals surface area contributed by atoms with E-state index < -0.39 is 10.0 Å². The fourth-order valence-corrected chi connectivity index (χ4v) is 5.77. The molecule has 3 aromatic carbocycles. The first kappa shape index (κ1) is 26.7. The maximum atomic E-state index is 13.0. The molecule has 6 nitrogen and oxygen atoms in total. The Balaban J connectivity index is 1.62. The van der Waals surface area contributed by atoms with Crippen molar-refractivity contribution in [1.29, 1.82) is 0 Å². The Hall–Kier alpha value is -2.36. The summed E-state index contributed by atoms with van der Waals surface area (Å²) in [5.74, 6) is 1.05. The number of benzene rings is 3. The number of hydrogen-bond acceptors (Lipinski definition) is 5. The summed E-state index contributed by atoms with van der Waals surface area (Å²) in [5, 5.41) is 10.1. The number of hydrogen-bond donors (Lipinski definition) is 1. The Morgan fingerprint density at radius 3 is 2.31 bits per heavy atom. The molecule has 0 spiro atoms.